The van der Waals surface area contributed by atoms with Gasteiger partial charge in [0, 0.05) is 5.56 Å². The first-order valence-corrected chi connectivity index (χ1v) is 5.38. The maximum Gasteiger partial charge on any atom is 0.166 e. The predicted molar refractivity (Wildman–Crippen MR) is 61.7 cm³/mol. The maximum atomic E-state index is 13.8. The van der Waals surface area contributed by atoms with Crippen LogP contribution in [0.15, 0.2) is 18.2 Å². The van der Waals surface area contributed by atoms with Crippen LogP contribution >= 0.6 is 0 Å². The number of nitrogens with two attached hydrogens (primary N) is 1. The van der Waals surface area contributed by atoms with Crippen LogP contribution in [0.4, 0.5) is 4.39 Å². The molecule has 0 amide bonds. The zero-order valence-corrected chi connectivity index (χ0v) is 9.70. The molecular formula is C12H18FNO2. The fourth-order valence-electron chi connectivity index (χ4n) is 1.57. The molecule has 1 aromatic rings. The molecule has 0 radical (unpaired) electrons. The number of hydrogen-bond acceptors (Lipinski definition) is 3. The van der Waals surface area contributed by atoms with Crippen LogP contribution in [0.1, 0.15) is 25.1 Å². The molecule has 1 atom stereocenters. The minimum atomic E-state index is -1.11. The molecular weight excluding hydrogens is 209 g/mol. The van der Waals surface area contributed by atoms with E-state index in [2.05, 4.69) is 0 Å². The lowest BCUT2D eigenvalue weighted by molar-refractivity contribution is 0.287. The molecule has 0 fully saturated rings. The minimum absolute atomic E-state index is 0.284. The van der Waals surface area contributed by atoms with Gasteiger partial charge in [0.05, 0.1) is 13.7 Å². The van der Waals surface area contributed by atoms with Crippen molar-refractivity contribution in [1.29, 1.82) is 0 Å². The molecule has 0 spiro atoms. The first kappa shape index (κ1) is 12.8. The molecule has 0 saturated carbocycles. The SMILES string of the molecule is CCOc1cccc(C(F)CCN)c1OC. The molecule has 1 rings (SSSR count). The Morgan fingerprint density at radius 2 is 2.19 bits per heavy atom. The van der Waals surface area contributed by atoms with Crippen LogP contribution in [0.25, 0.3) is 0 Å². The summed E-state index contributed by atoms with van der Waals surface area (Å²) in [7, 11) is 1.51. The summed E-state index contributed by atoms with van der Waals surface area (Å²) in [5.74, 6) is 1.03. The van der Waals surface area contributed by atoms with E-state index >= 15 is 0 Å². The molecule has 90 valence electrons. The molecule has 0 aliphatic rings. The van der Waals surface area contributed by atoms with Crippen LogP contribution in [0.3, 0.4) is 0 Å². The van der Waals surface area contributed by atoms with Gasteiger partial charge >= 0.3 is 0 Å². The van der Waals surface area contributed by atoms with Crippen molar-refractivity contribution in [1.82, 2.24) is 0 Å². The van der Waals surface area contributed by atoms with Gasteiger partial charge in [0.25, 0.3) is 0 Å². The lowest BCUT2D eigenvalue weighted by atomic mass is 10.1. The average molecular weight is 227 g/mol. The minimum Gasteiger partial charge on any atom is -0.492 e. The number of alkyl halides is 1. The van der Waals surface area contributed by atoms with Gasteiger partial charge in [-0.2, -0.15) is 0 Å². The van der Waals surface area contributed by atoms with Gasteiger partial charge in [-0.3, -0.25) is 0 Å². The highest BCUT2D eigenvalue weighted by molar-refractivity contribution is 5.47. The Morgan fingerprint density at radius 1 is 1.44 bits per heavy atom. The Morgan fingerprint density at radius 3 is 2.75 bits per heavy atom. The zero-order chi connectivity index (χ0) is 12.0. The molecule has 0 saturated heterocycles. The van der Waals surface area contributed by atoms with E-state index in [1.807, 2.05) is 6.92 Å². The van der Waals surface area contributed by atoms with Crippen LogP contribution in [-0.2, 0) is 0 Å². The standard InChI is InChI=1S/C12H18FNO2/c1-3-16-11-6-4-5-9(12(11)15-2)10(13)7-8-14/h4-6,10H,3,7-8,14H2,1-2H3. The van der Waals surface area contributed by atoms with E-state index in [1.165, 1.54) is 7.11 Å². The van der Waals surface area contributed by atoms with Gasteiger partial charge in [-0.25, -0.2) is 4.39 Å². The van der Waals surface area contributed by atoms with Gasteiger partial charge in [-0.05, 0) is 26.0 Å². The third-order valence-corrected chi connectivity index (χ3v) is 2.27. The van der Waals surface area contributed by atoms with Crippen molar-refractivity contribution in [3.8, 4) is 11.5 Å². The van der Waals surface area contributed by atoms with Crippen molar-refractivity contribution in [2.24, 2.45) is 5.73 Å². The summed E-state index contributed by atoms with van der Waals surface area (Å²) in [5, 5.41) is 0. The van der Waals surface area contributed by atoms with E-state index in [-0.39, 0.29) is 6.42 Å². The summed E-state index contributed by atoms with van der Waals surface area (Å²) in [6, 6.07) is 5.22. The molecule has 16 heavy (non-hydrogen) atoms. The van der Waals surface area contributed by atoms with Crippen LogP contribution in [-0.4, -0.2) is 20.3 Å². The van der Waals surface area contributed by atoms with E-state index < -0.39 is 6.17 Å². The maximum absolute atomic E-state index is 13.8. The van der Waals surface area contributed by atoms with E-state index in [0.717, 1.165) is 0 Å². The van der Waals surface area contributed by atoms with Crippen molar-refractivity contribution < 1.29 is 13.9 Å². The summed E-state index contributed by atoms with van der Waals surface area (Å²) in [5.41, 5.74) is 5.84. The van der Waals surface area contributed by atoms with Crippen molar-refractivity contribution >= 4 is 0 Å². The second-order valence-corrected chi connectivity index (χ2v) is 3.36. The largest absolute Gasteiger partial charge is 0.492 e. The molecule has 1 aromatic carbocycles. The molecule has 0 aromatic heterocycles. The highest BCUT2D eigenvalue weighted by Crippen LogP contribution is 2.37. The summed E-state index contributed by atoms with van der Waals surface area (Å²) >= 11 is 0. The van der Waals surface area contributed by atoms with E-state index in [4.69, 9.17) is 15.2 Å². The number of para-hydroxylation sites is 1. The quantitative estimate of drug-likeness (QED) is 0.811. The van der Waals surface area contributed by atoms with Crippen molar-refractivity contribution in [2.45, 2.75) is 19.5 Å². The topological polar surface area (TPSA) is 44.5 Å². The van der Waals surface area contributed by atoms with Gasteiger partial charge in [-0.1, -0.05) is 12.1 Å². The molecule has 4 heteroatoms. The van der Waals surface area contributed by atoms with Crippen LogP contribution in [0.5, 0.6) is 11.5 Å². The summed E-state index contributed by atoms with van der Waals surface area (Å²) in [4.78, 5) is 0. The molecule has 0 bridgehead atoms. The van der Waals surface area contributed by atoms with Gasteiger partial charge in [-0.15, -0.1) is 0 Å². The van der Waals surface area contributed by atoms with Crippen LogP contribution < -0.4 is 15.2 Å². The zero-order valence-electron chi connectivity index (χ0n) is 9.70. The molecule has 2 N–H and O–H groups in total. The third-order valence-electron chi connectivity index (χ3n) is 2.27. The van der Waals surface area contributed by atoms with E-state index in [9.17, 15) is 4.39 Å². The Bertz CT molecular complexity index is 331. The highest BCUT2D eigenvalue weighted by atomic mass is 19.1. The number of methoxy groups -OCH3 is 1. The first-order valence-electron chi connectivity index (χ1n) is 5.38. The van der Waals surface area contributed by atoms with Crippen molar-refractivity contribution in [3.63, 3.8) is 0 Å². The Kier molecular flexibility index (Phi) is 5.05. The normalized spacial score (nSPS) is 12.2. The van der Waals surface area contributed by atoms with E-state index in [0.29, 0.717) is 30.2 Å². The molecule has 0 heterocycles. The summed E-state index contributed by atoms with van der Waals surface area (Å²) < 4.78 is 24.4. The van der Waals surface area contributed by atoms with Gasteiger partial charge in [0.15, 0.2) is 11.5 Å². The number of benzene rings is 1. The van der Waals surface area contributed by atoms with Crippen LogP contribution in [0.2, 0.25) is 0 Å². The number of rotatable bonds is 6. The average Bonchev–Trinajstić information content (AvgIpc) is 2.29. The fraction of sp³-hybridized carbons (Fsp3) is 0.500. The van der Waals surface area contributed by atoms with Gasteiger partial charge in [0.1, 0.15) is 6.17 Å². The lowest BCUT2D eigenvalue weighted by Crippen LogP contribution is -2.06. The Hall–Kier alpha value is -1.29. The fourth-order valence-corrected chi connectivity index (χ4v) is 1.57. The Balaban J connectivity index is 3.02. The summed E-state index contributed by atoms with van der Waals surface area (Å²) in [6.07, 6.45) is -0.827. The van der Waals surface area contributed by atoms with Crippen molar-refractivity contribution in [3.05, 3.63) is 23.8 Å². The monoisotopic (exact) mass is 227 g/mol. The molecule has 1 unspecified atom stereocenters. The number of hydrogen-bond donors (Lipinski definition) is 1. The molecule has 3 nitrogen and oxygen atoms in total. The molecule has 0 aliphatic heterocycles. The number of ether oxygens (including phenoxy) is 2. The Labute approximate surface area is 95.4 Å². The predicted octanol–water partition coefficient (Wildman–Crippen LogP) is 2.45. The number of halogens is 1. The van der Waals surface area contributed by atoms with E-state index in [1.54, 1.807) is 18.2 Å². The lowest BCUT2D eigenvalue weighted by Gasteiger charge is -2.15. The van der Waals surface area contributed by atoms with Crippen molar-refractivity contribution in [2.75, 3.05) is 20.3 Å². The highest BCUT2D eigenvalue weighted by Gasteiger charge is 2.17. The third kappa shape index (κ3) is 2.85. The molecule has 0 aliphatic carbocycles. The first-order chi connectivity index (χ1) is 7.74. The smallest absolute Gasteiger partial charge is 0.166 e. The summed E-state index contributed by atoms with van der Waals surface area (Å²) in [6.45, 7) is 2.70. The second-order valence-electron chi connectivity index (χ2n) is 3.36. The van der Waals surface area contributed by atoms with Crippen LogP contribution in [0, 0.1) is 0 Å². The second kappa shape index (κ2) is 6.33. The van der Waals surface area contributed by atoms with Gasteiger partial charge in [0.2, 0.25) is 0 Å². The van der Waals surface area contributed by atoms with Gasteiger partial charge < -0.3 is 15.2 Å².